The zero-order valence-corrected chi connectivity index (χ0v) is 54.4. The number of hydrogen-bond acceptors (Lipinski definition) is 12. The SMILES string of the molecule is CCn1c2ccccc2c2cc(NC(=O)c3cc4ccccc4cc3O)ccc21.COc1ccc(NC(=O)c2cc3cc(OC)ccc3cc2O)cc1.COc1ccc(NC(=O)c2cc3cccc(C)c3cc2O)cc1.COc1ccc2cc(O)c(C(=O)Nc3ccccc3)cc2c1. The molecule has 0 unspecified atom stereocenters. The van der Waals surface area contributed by atoms with Gasteiger partial charge in [0, 0.05) is 51.1 Å². The molecular formula is C81H69N5O12. The molecule has 17 heteroatoms. The molecule has 0 saturated carbocycles. The Morgan fingerprint density at radius 3 is 1.17 bits per heavy atom. The number of carbonyl (C=O) groups excluding carboxylic acids is 4. The number of hydrogen-bond donors (Lipinski definition) is 8. The van der Waals surface area contributed by atoms with Crippen molar-refractivity contribution in [1.29, 1.82) is 0 Å². The molecule has 4 amide bonds. The molecule has 0 spiro atoms. The number of para-hydroxylation sites is 2. The first-order valence-corrected chi connectivity index (χ1v) is 31.2. The predicted octanol–water partition coefficient (Wildman–Crippen LogP) is 17.7. The van der Waals surface area contributed by atoms with Crippen molar-refractivity contribution in [1.82, 2.24) is 4.57 Å². The van der Waals surface area contributed by atoms with Gasteiger partial charge in [0.1, 0.15) is 46.0 Å². The average molecular weight is 1300 g/mol. The second kappa shape index (κ2) is 29.9. The van der Waals surface area contributed by atoms with Crippen LogP contribution in [0, 0.1) is 6.92 Å². The molecule has 490 valence electrons. The first-order chi connectivity index (χ1) is 47.5. The summed E-state index contributed by atoms with van der Waals surface area (Å²) in [4.78, 5) is 50.1. The quantitative estimate of drug-likeness (QED) is 0.0538. The molecule has 0 atom stereocenters. The van der Waals surface area contributed by atoms with Gasteiger partial charge in [-0.2, -0.15) is 0 Å². The van der Waals surface area contributed by atoms with Gasteiger partial charge in [-0.15, -0.1) is 0 Å². The number of rotatable bonds is 13. The number of aromatic nitrogens is 1. The molecule has 14 rings (SSSR count). The van der Waals surface area contributed by atoms with E-state index in [1.54, 1.807) is 144 Å². The van der Waals surface area contributed by atoms with E-state index < -0.39 is 0 Å². The van der Waals surface area contributed by atoms with Crippen molar-refractivity contribution in [2.45, 2.75) is 20.4 Å². The highest BCUT2D eigenvalue weighted by atomic mass is 16.5. The van der Waals surface area contributed by atoms with Crippen LogP contribution in [-0.2, 0) is 6.54 Å². The van der Waals surface area contributed by atoms with E-state index in [1.165, 1.54) is 5.52 Å². The third-order valence-electron chi connectivity index (χ3n) is 16.5. The summed E-state index contributed by atoms with van der Waals surface area (Å²) in [5.41, 5.74) is 6.95. The number of methoxy groups -OCH3 is 4. The summed E-state index contributed by atoms with van der Waals surface area (Å²) in [7, 11) is 6.33. The van der Waals surface area contributed by atoms with E-state index in [-0.39, 0.29) is 68.9 Å². The molecule has 0 fully saturated rings. The van der Waals surface area contributed by atoms with E-state index in [2.05, 4.69) is 44.9 Å². The third-order valence-corrected chi connectivity index (χ3v) is 16.5. The minimum atomic E-state index is -0.387. The standard InChI is InChI=1S/C25H20N2O2.C19H17NO4.C19H17NO3.C18H15NO3/c1-2-27-22-10-6-5-9-19(22)20-15-18(11-12-23(20)27)26-25(29)21-13-16-7-3-4-8-17(16)14-24(21)28;1-23-15-7-4-14(5-8-15)20-19(22)17-10-13-9-16(24-2)6-3-12(13)11-18(17)21;1-12-4-3-5-13-10-17(18(21)11-16(12)13)19(22)20-14-6-8-15(23-2)9-7-14;1-22-15-8-7-12-11-17(20)16(10-13(12)9-15)18(21)19-14-5-3-2-4-6-14/h3-15,28H,2H2,1H3,(H,26,29);3-11,21H,1-2H3,(H,20,22);3-11,21H,1-2H3,(H,20,22);2-11,20H,1H3,(H,19,21). The lowest BCUT2D eigenvalue weighted by Gasteiger charge is -2.10. The number of phenols is 4. The number of anilines is 4. The molecule has 0 aliphatic heterocycles. The molecule has 13 aromatic carbocycles. The van der Waals surface area contributed by atoms with Crippen molar-refractivity contribution >= 4 is 111 Å². The summed E-state index contributed by atoms with van der Waals surface area (Å²) in [6.45, 7) is 4.98. The number of aromatic hydroxyl groups is 4. The number of fused-ring (bicyclic) bond motifs is 7. The smallest absolute Gasteiger partial charge is 0.259 e. The van der Waals surface area contributed by atoms with E-state index in [0.29, 0.717) is 45.7 Å². The molecule has 17 nitrogen and oxygen atoms in total. The largest absolute Gasteiger partial charge is 0.507 e. The number of amides is 4. The second-order valence-corrected chi connectivity index (χ2v) is 22.7. The normalized spacial score (nSPS) is 10.7. The van der Waals surface area contributed by atoms with Gasteiger partial charge in [0.2, 0.25) is 0 Å². The summed E-state index contributed by atoms with van der Waals surface area (Å²) in [5.74, 6) is 1.22. The molecule has 0 aliphatic rings. The van der Waals surface area contributed by atoms with E-state index in [4.69, 9.17) is 18.9 Å². The molecule has 8 N–H and O–H groups in total. The van der Waals surface area contributed by atoms with Crippen LogP contribution in [0.15, 0.2) is 249 Å². The number of nitrogens with zero attached hydrogens (tertiary/aromatic N) is 1. The summed E-state index contributed by atoms with van der Waals surface area (Å²) in [6, 6.07) is 74.9. The van der Waals surface area contributed by atoms with E-state index in [0.717, 1.165) is 71.5 Å². The Hall–Kier alpha value is -13.0. The fraction of sp³-hybridized carbons (Fsp3) is 0.0864. The molecule has 0 aliphatic carbocycles. The molecule has 1 heterocycles. The Morgan fingerprint density at radius 2 is 0.684 bits per heavy atom. The van der Waals surface area contributed by atoms with Gasteiger partial charge in [-0.1, -0.05) is 91.0 Å². The third kappa shape index (κ3) is 15.1. The number of carbonyl (C=O) groups is 4. The van der Waals surface area contributed by atoms with Crippen LogP contribution in [0.3, 0.4) is 0 Å². The van der Waals surface area contributed by atoms with Crippen molar-refractivity contribution in [3.8, 4) is 46.0 Å². The summed E-state index contributed by atoms with van der Waals surface area (Å²) >= 11 is 0. The van der Waals surface area contributed by atoms with Gasteiger partial charge < -0.3 is 65.2 Å². The fourth-order valence-corrected chi connectivity index (χ4v) is 11.3. The van der Waals surface area contributed by atoms with Crippen LogP contribution in [0.5, 0.6) is 46.0 Å². The highest BCUT2D eigenvalue weighted by Gasteiger charge is 2.19. The zero-order chi connectivity index (χ0) is 69.0. The molecule has 1 aromatic heterocycles. The molecule has 14 aromatic rings. The van der Waals surface area contributed by atoms with Gasteiger partial charge in [0.05, 0.1) is 50.7 Å². The van der Waals surface area contributed by atoms with Crippen molar-refractivity contribution in [3.63, 3.8) is 0 Å². The summed E-state index contributed by atoms with van der Waals surface area (Å²) < 4.78 is 22.8. The summed E-state index contributed by atoms with van der Waals surface area (Å²) in [6.07, 6.45) is 0. The van der Waals surface area contributed by atoms with Gasteiger partial charge in [0.25, 0.3) is 23.6 Å². The van der Waals surface area contributed by atoms with Gasteiger partial charge in [-0.25, -0.2) is 0 Å². The van der Waals surface area contributed by atoms with Crippen LogP contribution >= 0.6 is 0 Å². The Bertz CT molecular complexity index is 5290. The van der Waals surface area contributed by atoms with Gasteiger partial charge in [-0.05, 0) is 220 Å². The lowest BCUT2D eigenvalue weighted by Crippen LogP contribution is -2.12. The van der Waals surface area contributed by atoms with Crippen LogP contribution in [0.1, 0.15) is 53.9 Å². The average Bonchev–Trinajstić information content (AvgIpc) is 1.59. The van der Waals surface area contributed by atoms with Crippen molar-refractivity contribution in [2.75, 3.05) is 49.7 Å². The maximum absolute atomic E-state index is 12.9. The van der Waals surface area contributed by atoms with Crippen molar-refractivity contribution in [3.05, 3.63) is 277 Å². The molecule has 0 radical (unpaired) electrons. The van der Waals surface area contributed by atoms with Gasteiger partial charge >= 0.3 is 0 Å². The first kappa shape index (κ1) is 66.4. The fourth-order valence-electron chi connectivity index (χ4n) is 11.3. The van der Waals surface area contributed by atoms with Crippen LogP contribution in [0.2, 0.25) is 0 Å². The van der Waals surface area contributed by atoms with Gasteiger partial charge in [0.15, 0.2) is 0 Å². The van der Waals surface area contributed by atoms with Crippen molar-refractivity contribution < 1.29 is 58.6 Å². The maximum Gasteiger partial charge on any atom is 0.259 e. The Labute approximate surface area is 564 Å². The first-order valence-electron chi connectivity index (χ1n) is 31.2. The molecule has 0 saturated heterocycles. The lowest BCUT2D eigenvalue weighted by atomic mass is 10.0. The summed E-state index contributed by atoms with van der Waals surface area (Å²) in [5, 5.41) is 61.2. The maximum atomic E-state index is 12.9. The second-order valence-electron chi connectivity index (χ2n) is 22.7. The number of nitrogens with one attached hydrogen (secondary N) is 4. The van der Waals surface area contributed by atoms with Crippen LogP contribution in [0.25, 0.3) is 64.9 Å². The molecule has 98 heavy (non-hydrogen) atoms. The number of aryl methyl sites for hydroxylation is 2. The number of ether oxygens (including phenoxy) is 4. The van der Waals surface area contributed by atoms with Gasteiger partial charge in [-0.3, -0.25) is 19.2 Å². The van der Waals surface area contributed by atoms with E-state index >= 15 is 0 Å². The van der Waals surface area contributed by atoms with Crippen LogP contribution in [0.4, 0.5) is 22.7 Å². The Balaban J connectivity index is 0.000000133. The Morgan fingerprint density at radius 1 is 0.316 bits per heavy atom. The monoisotopic (exact) mass is 1300 g/mol. The van der Waals surface area contributed by atoms with E-state index in [1.807, 2.05) is 128 Å². The highest BCUT2D eigenvalue weighted by Crippen LogP contribution is 2.35. The minimum absolute atomic E-state index is 0.0233. The minimum Gasteiger partial charge on any atom is -0.507 e. The lowest BCUT2D eigenvalue weighted by molar-refractivity contribution is 0.101. The van der Waals surface area contributed by atoms with Crippen LogP contribution < -0.4 is 40.2 Å². The number of benzene rings is 13. The highest BCUT2D eigenvalue weighted by molar-refractivity contribution is 6.14. The molecule has 0 bridgehead atoms. The molecular weight excluding hydrogens is 1230 g/mol. The van der Waals surface area contributed by atoms with Crippen molar-refractivity contribution in [2.24, 2.45) is 0 Å². The Kier molecular flexibility index (Phi) is 20.3. The van der Waals surface area contributed by atoms with Crippen LogP contribution in [-0.4, -0.2) is 77.1 Å². The zero-order valence-electron chi connectivity index (χ0n) is 54.4. The number of phenolic OH excluding ortho intramolecular Hbond substituents is 4. The predicted molar refractivity (Wildman–Crippen MR) is 390 cm³/mol. The van der Waals surface area contributed by atoms with E-state index in [9.17, 15) is 39.6 Å². The topological polar surface area (TPSA) is 239 Å².